The van der Waals surface area contributed by atoms with E-state index in [4.69, 9.17) is 17.2 Å². The number of likely N-dealkylation sites (N-methyl/N-ethyl adjacent to an activating group) is 1. The van der Waals surface area contributed by atoms with E-state index in [0.717, 1.165) is 32.5 Å². The summed E-state index contributed by atoms with van der Waals surface area (Å²) in [5.41, 5.74) is 20.3. The number of nitrogens with two attached hydrogens (primary N) is 3. The number of fused-ring (bicyclic) bond motifs is 1. The first-order valence-corrected chi connectivity index (χ1v) is 26.6. The molecule has 22 nitrogen and oxygen atoms in total. The maximum atomic E-state index is 15.1. The van der Waals surface area contributed by atoms with Crippen LogP contribution in [-0.2, 0) is 57.6 Å². The summed E-state index contributed by atoms with van der Waals surface area (Å²) in [7, 11) is 3.33. The van der Waals surface area contributed by atoms with Crippen LogP contribution in [0.2, 0.25) is 0 Å². The van der Waals surface area contributed by atoms with Crippen molar-refractivity contribution in [2.75, 3.05) is 25.1 Å². The second-order valence-electron chi connectivity index (χ2n) is 18.1. The molecule has 1 fully saturated rings. The molecule has 0 saturated carbocycles. The summed E-state index contributed by atoms with van der Waals surface area (Å²) >= 11 is 0. The van der Waals surface area contributed by atoms with Gasteiger partial charge in [-0.25, -0.2) is 0 Å². The Bertz CT molecular complexity index is 2570. The van der Waals surface area contributed by atoms with Gasteiger partial charge in [-0.15, -0.1) is 0 Å². The molecule has 0 aliphatic carbocycles. The molecule has 1 aliphatic rings. The van der Waals surface area contributed by atoms with Crippen LogP contribution in [0.15, 0.2) is 85.1 Å². The standard InChI is InChI=1S/C50H67N11O11S2/c1-27(62)41(43(53)65)59-47(69)39-26-74-73-25-38(57-44(66)34(52)21-30-16-18-32(64)19-17-30)46(68)56-37(22-29-11-5-4-6-12-29)50(72)61(3)40(23-31-24-54-35-14-8-7-13-33(31)35)48(70)55-36(15-9-10-20-51)45(67)60-42(28(2)63)49(71)58-39/h4-8,11-14,16-19,24,27-28,34,36-42,54,62-64H,9-10,15,20-23,25-26,51-52H2,1-3H3,(H2,53,65)(H,55,70)(H,56,68)(H,57,66)(H,58,71)(H,59,69)(H,60,67)/t27-,28-,34+,36+,37?,38+,39?,40-,41+,42?/m1/s1. The SMILES string of the molecule is C[C@@H](O)C1NC(=O)[C@H](CCCCN)NC(=O)[C@@H](Cc2c[nH]c3ccccc23)N(C)C(=O)C(Cc2ccccc2)NC(=O)[C@@H](NC(=O)[C@@H](N)Cc2ccc(O)cc2)CSSCC(C(=O)N[C@H](C(N)=O)[C@@H](C)O)NC1=O. The maximum absolute atomic E-state index is 15.1. The van der Waals surface area contributed by atoms with Crippen molar-refractivity contribution in [2.45, 2.75) is 113 Å². The zero-order valence-corrected chi connectivity index (χ0v) is 43.0. The summed E-state index contributed by atoms with van der Waals surface area (Å²) in [5, 5.41) is 47.4. The van der Waals surface area contributed by atoms with Crippen molar-refractivity contribution in [1.29, 1.82) is 0 Å². The van der Waals surface area contributed by atoms with Gasteiger partial charge in [0.2, 0.25) is 47.3 Å². The van der Waals surface area contributed by atoms with Crippen LogP contribution in [0.4, 0.5) is 0 Å². The maximum Gasteiger partial charge on any atom is 0.245 e. The fraction of sp³-hybridized carbons (Fsp3) is 0.440. The first-order chi connectivity index (χ1) is 35.3. The first kappa shape index (κ1) is 58.2. The lowest BCUT2D eigenvalue weighted by atomic mass is 9.99. The van der Waals surface area contributed by atoms with Crippen LogP contribution in [0.1, 0.15) is 49.8 Å². The molecular formula is C50H67N11O11S2. The minimum atomic E-state index is -1.72. The minimum Gasteiger partial charge on any atom is -0.508 e. The molecule has 0 bridgehead atoms. The van der Waals surface area contributed by atoms with Crippen LogP contribution in [0.3, 0.4) is 0 Å². The van der Waals surface area contributed by atoms with E-state index >= 15 is 4.79 Å². The van der Waals surface area contributed by atoms with Crippen LogP contribution in [0, 0.1) is 0 Å². The van der Waals surface area contributed by atoms with Crippen molar-refractivity contribution in [3.05, 3.63) is 102 Å². The number of benzene rings is 3. The van der Waals surface area contributed by atoms with Gasteiger partial charge in [-0.2, -0.15) is 0 Å². The van der Waals surface area contributed by atoms with Crippen LogP contribution >= 0.6 is 21.6 Å². The fourth-order valence-corrected chi connectivity index (χ4v) is 10.5. The molecule has 3 unspecified atom stereocenters. The topological polar surface area (TPSA) is 367 Å². The number of phenols is 1. The van der Waals surface area contributed by atoms with Gasteiger partial charge in [-0.3, -0.25) is 38.4 Å². The number of carbonyl (C=O) groups excluding carboxylic acids is 8. The van der Waals surface area contributed by atoms with Crippen molar-refractivity contribution in [3.63, 3.8) is 0 Å². The zero-order chi connectivity index (χ0) is 54.1. The number of para-hydroxylation sites is 1. The number of nitrogens with zero attached hydrogens (tertiary/aromatic N) is 1. The average Bonchev–Trinajstić information content (AvgIpc) is 3.78. The van der Waals surface area contributed by atoms with Gasteiger partial charge in [0.15, 0.2) is 0 Å². The van der Waals surface area contributed by atoms with Crippen molar-refractivity contribution >= 4 is 79.7 Å². The molecule has 8 amide bonds. The molecule has 74 heavy (non-hydrogen) atoms. The highest BCUT2D eigenvalue weighted by Gasteiger charge is 2.38. The number of hydrogen-bond donors (Lipinski definition) is 13. The lowest BCUT2D eigenvalue weighted by Gasteiger charge is -2.33. The largest absolute Gasteiger partial charge is 0.508 e. The van der Waals surface area contributed by atoms with E-state index < -0.39 is 108 Å². The minimum absolute atomic E-state index is 0.00315. The smallest absolute Gasteiger partial charge is 0.245 e. The number of aromatic hydroxyl groups is 1. The lowest BCUT2D eigenvalue weighted by Crippen LogP contribution is -2.63. The van der Waals surface area contributed by atoms with Gasteiger partial charge in [0, 0.05) is 48.5 Å². The number of unbranched alkanes of at least 4 members (excludes halogenated alkanes) is 1. The zero-order valence-electron chi connectivity index (χ0n) is 41.3. The average molecular weight is 1060 g/mol. The third-order valence-corrected chi connectivity index (χ3v) is 14.8. The van der Waals surface area contributed by atoms with Gasteiger partial charge in [0.05, 0.1) is 18.2 Å². The highest BCUT2D eigenvalue weighted by molar-refractivity contribution is 8.76. The number of aromatic amines is 1. The van der Waals surface area contributed by atoms with Gasteiger partial charge in [-0.05, 0) is 81.0 Å². The molecule has 10 atom stereocenters. The van der Waals surface area contributed by atoms with E-state index in [2.05, 4.69) is 36.9 Å². The lowest BCUT2D eigenvalue weighted by molar-refractivity contribution is -0.143. The number of carbonyl (C=O) groups is 8. The molecule has 1 saturated heterocycles. The Hall–Kier alpha value is -6.70. The molecule has 1 aliphatic heterocycles. The number of aliphatic hydroxyl groups is 2. The van der Waals surface area contributed by atoms with Gasteiger partial charge < -0.3 is 74.3 Å². The van der Waals surface area contributed by atoms with Crippen LogP contribution in [-0.4, -0.2) is 158 Å². The second kappa shape index (κ2) is 28.1. The molecule has 24 heteroatoms. The predicted molar refractivity (Wildman–Crippen MR) is 280 cm³/mol. The van der Waals surface area contributed by atoms with Crippen molar-refractivity contribution in [1.82, 2.24) is 41.8 Å². The molecule has 16 N–H and O–H groups in total. The number of aliphatic hydroxyl groups excluding tert-OH is 2. The number of rotatable bonds is 17. The van der Waals surface area contributed by atoms with Crippen LogP contribution in [0.25, 0.3) is 10.9 Å². The van der Waals surface area contributed by atoms with Crippen LogP contribution < -0.4 is 49.1 Å². The van der Waals surface area contributed by atoms with Gasteiger partial charge >= 0.3 is 0 Å². The third kappa shape index (κ3) is 16.7. The Labute approximate surface area is 436 Å². The Morgan fingerprint density at radius 3 is 2.11 bits per heavy atom. The first-order valence-electron chi connectivity index (χ1n) is 24.1. The highest BCUT2D eigenvalue weighted by atomic mass is 33.1. The molecular weight excluding hydrogens is 995 g/mol. The number of H-pyrrole nitrogens is 1. The van der Waals surface area contributed by atoms with Crippen molar-refractivity contribution in [2.24, 2.45) is 17.2 Å². The highest BCUT2D eigenvalue weighted by Crippen LogP contribution is 2.25. The fourth-order valence-electron chi connectivity index (χ4n) is 8.12. The summed E-state index contributed by atoms with van der Waals surface area (Å²) in [4.78, 5) is 117. The number of aromatic nitrogens is 1. The summed E-state index contributed by atoms with van der Waals surface area (Å²) in [5.74, 6) is -7.58. The van der Waals surface area contributed by atoms with Crippen molar-refractivity contribution in [3.8, 4) is 5.75 Å². The number of nitrogens with one attached hydrogen (secondary N) is 7. The molecule has 400 valence electrons. The van der Waals surface area contributed by atoms with E-state index in [1.807, 2.05) is 24.3 Å². The summed E-state index contributed by atoms with van der Waals surface area (Å²) in [6.45, 7) is 2.69. The normalized spacial score (nSPS) is 22.5. The molecule has 2 heterocycles. The monoisotopic (exact) mass is 1060 g/mol. The summed E-state index contributed by atoms with van der Waals surface area (Å²) in [6, 6.07) is 10.6. The quantitative estimate of drug-likeness (QED) is 0.0434. The third-order valence-electron chi connectivity index (χ3n) is 12.4. The second-order valence-corrected chi connectivity index (χ2v) is 20.7. The summed E-state index contributed by atoms with van der Waals surface area (Å²) in [6.07, 6.45) is -0.702. The Morgan fingerprint density at radius 2 is 1.45 bits per heavy atom. The molecule has 5 rings (SSSR count). The molecule has 3 aromatic carbocycles. The molecule has 0 radical (unpaired) electrons. The van der Waals surface area contributed by atoms with Gasteiger partial charge in [0.1, 0.15) is 48.0 Å². The summed E-state index contributed by atoms with van der Waals surface area (Å²) < 4.78 is 0. The van der Waals surface area contributed by atoms with Gasteiger partial charge in [-0.1, -0.05) is 82.3 Å². The Morgan fingerprint density at radius 1 is 0.784 bits per heavy atom. The Kier molecular flexibility index (Phi) is 22.1. The van der Waals surface area contributed by atoms with E-state index in [-0.39, 0.29) is 49.5 Å². The van der Waals surface area contributed by atoms with E-state index in [0.29, 0.717) is 29.5 Å². The molecule has 1 aromatic heterocycles. The van der Waals surface area contributed by atoms with Gasteiger partial charge in [0.25, 0.3) is 0 Å². The number of hydrogen-bond acceptors (Lipinski definition) is 15. The number of amides is 8. The van der Waals surface area contributed by atoms with Crippen molar-refractivity contribution < 1.29 is 53.7 Å². The van der Waals surface area contributed by atoms with E-state index in [9.17, 15) is 48.9 Å². The molecule has 4 aromatic rings. The van der Waals surface area contributed by atoms with Crippen LogP contribution in [0.5, 0.6) is 5.75 Å². The van der Waals surface area contributed by atoms with E-state index in [1.54, 1.807) is 48.7 Å². The predicted octanol–water partition coefficient (Wildman–Crippen LogP) is -1.26. The number of primary amides is 1. The Balaban J connectivity index is 1.60. The molecule has 0 spiro atoms. The van der Waals surface area contributed by atoms with E-state index in [1.165, 1.54) is 37.9 Å². The number of phenolic OH excluding ortho intramolecular Hbond substituents is 1.